The molecule has 222 valence electrons. The number of aromatic nitrogens is 3. The number of nitrogens with two attached hydrogens (primary N) is 1. The highest BCUT2D eigenvalue weighted by molar-refractivity contribution is 5.68. The number of rotatable bonds is 11. The summed E-state index contributed by atoms with van der Waals surface area (Å²) in [6, 6.07) is -2.49. The molecule has 0 aromatic carbocycles. The van der Waals surface area contributed by atoms with Gasteiger partial charge in [-0.1, -0.05) is 0 Å². The number of hydrogen-bond acceptors (Lipinski definition) is 8. The van der Waals surface area contributed by atoms with E-state index in [1.54, 1.807) is 20.8 Å². The second-order valence-electron chi connectivity index (χ2n) is 9.97. The van der Waals surface area contributed by atoms with E-state index in [1.807, 2.05) is 0 Å². The Labute approximate surface area is 221 Å². The molecule has 5 atom stereocenters. The van der Waals surface area contributed by atoms with Crippen LogP contribution in [0.3, 0.4) is 0 Å². The fourth-order valence-corrected chi connectivity index (χ4v) is 3.42. The fraction of sp³-hybridized carbons (Fsp3) is 0.696. The minimum absolute atomic E-state index is 0.0149. The first kappa shape index (κ1) is 32.5. The van der Waals surface area contributed by atoms with Crippen LogP contribution in [-0.4, -0.2) is 77.2 Å². The number of halogens is 6. The van der Waals surface area contributed by atoms with Gasteiger partial charge in [0.1, 0.15) is 17.7 Å². The Morgan fingerprint density at radius 3 is 2.31 bits per heavy atom. The van der Waals surface area contributed by atoms with E-state index in [0.29, 0.717) is 5.56 Å². The van der Waals surface area contributed by atoms with Gasteiger partial charge in [0.25, 0.3) is 0 Å². The predicted octanol–water partition coefficient (Wildman–Crippen LogP) is 3.82. The molecule has 0 aliphatic rings. The summed E-state index contributed by atoms with van der Waals surface area (Å²) in [4.78, 5) is 16.9. The van der Waals surface area contributed by atoms with E-state index in [0.717, 1.165) is 6.92 Å². The standard InChI is InChI=1S/C23H34F6N6O4/c1-12(38-13(2)22(24,25)26)19(34-20(36)39-21(3,4)5)15-10-35-18(33-15)7-14(8-32-35)16(11-37-6)31-9-17(30)23(27,28)29/h7-8,10,12-13,16-17,19,31H,9,11,30H2,1-6H3,(H,34,36)/t12-,13-,16-,17+,19+/m1/s1. The molecule has 10 nitrogen and oxygen atoms in total. The van der Waals surface area contributed by atoms with Gasteiger partial charge in [0.05, 0.1) is 36.8 Å². The molecule has 0 aliphatic heterocycles. The van der Waals surface area contributed by atoms with Crippen molar-refractivity contribution in [3.05, 3.63) is 29.7 Å². The molecular formula is C23H34F6N6O4. The third kappa shape index (κ3) is 9.77. The minimum Gasteiger partial charge on any atom is -0.444 e. The number of carbonyl (C=O) groups is 1. The molecule has 2 heterocycles. The predicted molar refractivity (Wildman–Crippen MR) is 128 cm³/mol. The van der Waals surface area contributed by atoms with Crippen LogP contribution in [0.2, 0.25) is 0 Å². The normalized spacial score (nSPS) is 16.9. The van der Waals surface area contributed by atoms with Gasteiger partial charge in [-0.3, -0.25) is 0 Å². The molecule has 2 aromatic heterocycles. The van der Waals surface area contributed by atoms with Gasteiger partial charge in [-0.15, -0.1) is 0 Å². The van der Waals surface area contributed by atoms with E-state index < -0.39 is 60.9 Å². The van der Waals surface area contributed by atoms with Crippen molar-refractivity contribution < 1.29 is 45.3 Å². The summed E-state index contributed by atoms with van der Waals surface area (Å²) in [7, 11) is 1.37. The summed E-state index contributed by atoms with van der Waals surface area (Å²) in [5, 5.41) is 9.40. The molecule has 0 aliphatic carbocycles. The molecule has 4 N–H and O–H groups in total. The molecule has 39 heavy (non-hydrogen) atoms. The zero-order valence-electron chi connectivity index (χ0n) is 22.4. The van der Waals surface area contributed by atoms with E-state index >= 15 is 0 Å². The average Bonchev–Trinajstić information content (AvgIpc) is 3.20. The molecule has 2 aromatic rings. The molecule has 0 fully saturated rings. The van der Waals surface area contributed by atoms with Crippen molar-refractivity contribution in [1.82, 2.24) is 25.2 Å². The largest absolute Gasteiger partial charge is 0.444 e. The van der Waals surface area contributed by atoms with Gasteiger partial charge < -0.3 is 30.6 Å². The van der Waals surface area contributed by atoms with Crippen LogP contribution in [0, 0.1) is 0 Å². The summed E-state index contributed by atoms with van der Waals surface area (Å²) < 4.78 is 94.7. The van der Waals surface area contributed by atoms with E-state index in [-0.39, 0.29) is 17.9 Å². The number of amides is 1. The van der Waals surface area contributed by atoms with Crippen molar-refractivity contribution >= 4 is 11.7 Å². The second-order valence-corrected chi connectivity index (χ2v) is 9.97. The van der Waals surface area contributed by atoms with Crippen molar-refractivity contribution in [2.45, 2.75) is 82.9 Å². The highest BCUT2D eigenvalue weighted by Gasteiger charge is 2.40. The van der Waals surface area contributed by atoms with Crippen molar-refractivity contribution in [2.24, 2.45) is 5.73 Å². The number of methoxy groups -OCH3 is 1. The monoisotopic (exact) mass is 572 g/mol. The summed E-state index contributed by atoms with van der Waals surface area (Å²) >= 11 is 0. The first-order chi connectivity index (χ1) is 17.8. The second kappa shape index (κ2) is 12.7. The highest BCUT2D eigenvalue weighted by Crippen LogP contribution is 2.28. The van der Waals surface area contributed by atoms with E-state index in [2.05, 4.69) is 20.7 Å². The summed E-state index contributed by atoms with van der Waals surface area (Å²) in [5.74, 6) is 0. The Kier molecular flexibility index (Phi) is 10.6. The Hall–Kier alpha value is -2.69. The lowest BCUT2D eigenvalue weighted by molar-refractivity contribution is -0.227. The van der Waals surface area contributed by atoms with Crippen molar-refractivity contribution in [3.63, 3.8) is 0 Å². The zero-order chi connectivity index (χ0) is 29.8. The Balaban J connectivity index is 2.38. The van der Waals surface area contributed by atoms with Crippen molar-refractivity contribution in [3.8, 4) is 0 Å². The van der Waals surface area contributed by atoms with Gasteiger partial charge in [0.15, 0.2) is 11.8 Å². The molecule has 2 rings (SSSR count). The number of alkyl halides is 6. The van der Waals surface area contributed by atoms with Crippen molar-refractivity contribution in [2.75, 3.05) is 20.3 Å². The van der Waals surface area contributed by atoms with Crippen LogP contribution in [0.5, 0.6) is 0 Å². The van der Waals surface area contributed by atoms with Gasteiger partial charge in [0.2, 0.25) is 0 Å². The lowest BCUT2D eigenvalue weighted by Gasteiger charge is -2.29. The van der Waals surface area contributed by atoms with Crippen LogP contribution in [0.1, 0.15) is 58.0 Å². The van der Waals surface area contributed by atoms with Crippen LogP contribution in [0.15, 0.2) is 18.5 Å². The number of carbonyl (C=O) groups excluding carboxylic acids is 1. The molecule has 0 spiro atoms. The number of hydrogen-bond donors (Lipinski definition) is 3. The third-order valence-corrected chi connectivity index (χ3v) is 5.44. The first-order valence-corrected chi connectivity index (χ1v) is 11.9. The molecular weight excluding hydrogens is 538 g/mol. The lowest BCUT2D eigenvalue weighted by atomic mass is 10.1. The van der Waals surface area contributed by atoms with Crippen LogP contribution < -0.4 is 16.4 Å². The number of fused-ring (bicyclic) bond motifs is 1. The lowest BCUT2D eigenvalue weighted by Crippen LogP contribution is -2.46. The number of alkyl carbamates (subject to hydrolysis) is 1. The Morgan fingerprint density at radius 1 is 1.13 bits per heavy atom. The maximum absolute atomic E-state index is 13.1. The molecule has 0 bridgehead atoms. The Bertz CT molecular complexity index is 1090. The smallest absolute Gasteiger partial charge is 0.414 e. The fourth-order valence-electron chi connectivity index (χ4n) is 3.42. The maximum Gasteiger partial charge on any atom is 0.414 e. The van der Waals surface area contributed by atoms with Crippen LogP contribution in [-0.2, 0) is 14.2 Å². The number of ether oxygens (including phenoxy) is 3. The third-order valence-electron chi connectivity index (χ3n) is 5.44. The average molecular weight is 573 g/mol. The van der Waals surface area contributed by atoms with Gasteiger partial charge in [-0.2, -0.15) is 31.4 Å². The van der Waals surface area contributed by atoms with Crippen LogP contribution >= 0.6 is 0 Å². The van der Waals surface area contributed by atoms with Gasteiger partial charge in [0, 0.05) is 13.7 Å². The van der Waals surface area contributed by atoms with E-state index in [1.165, 1.54) is 37.0 Å². The molecule has 0 radical (unpaired) electrons. The maximum atomic E-state index is 13.1. The van der Waals surface area contributed by atoms with Crippen LogP contribution in [0.25, 0.3) is 5.65 Å². The first-order valence-electron chi connectivity index (χ1n) is 11.9. The highest BCUT2D eigenvalue weighted by atomic mass is 19.4. The summed E-state index contributed by atoms with van der Waals surface area (Å²) in [6.45, 7) is 6.44. The molecule has 0 saturated heterocycles. The van der Waals surface area contributed by atoms with Crippen molar-refractivity contribution in [1.29, 1.82) is 0 Å². The van der Waals surface area contributed by atoms with E-state index in [4.69, 9.17) is 19.9 Å². The molecule has 16 heteroatoms. The minimum atomic E-state index is -4.64. The topological polar surface area (TPSA) is 125 Å². The van der Waals surface area contributed by atoms with Gasteiger partial charge >= 0.3 is 18.4 Å². The molecule has 0 unspecified atom stereocenters. The quantitative estimate of drug-likeness (QED) is 0.347. The zero-order valence-corrected chi connectivity index (χ0v) is 22.4. The number of imidazole rings is 1. The Morgan fingerprint density at radius 2 is 1.77 bits per heavy atom. The summed E-state index contributed by atoms with van der Waals surface area (Å²) in [6.07, 6.45) is -10.7. The SMILES string of the molecule is COC[C@@H](NC[C@H](N)C(F)(F)F)c1cnn2cc([C@@H](NC(=O)OC(C)(C)C)[C@@H](C)O[C@H](C)C(F)(F)F)nc2c1. The molecule has 1 amide bonds. The van der Waals surface area contributed by atoms with Gasteiger partial charge in [-0.05, 0) is 46.2 Å². The molecule has 0 saturated carbocycles. The van der Waals surface area contributed by atoms with Crippen LogP contribution in [0.4, 0.5) is 31.1 Å². The van der Waals surface area contributed by atoms with Gasteiger partial charge in [-0.25, -0.2) is 14.3 Å². The number of nitrogens with zero attached hydrogens (tertiary/aromatic N) is 3. The van der Waals surface area contributed by atoms with E-state index in [9.17, 15) is 31.1 Å². The summed E-state index contributed by atoms with van der Waals surface area (Å²) in [5.41, 5.74) is 5.04. The number of nitrogens with one attached hydrogen (secondary N) is 2.